The summed E-state index contributed by atoms with van der Waals surface area (Å²) in [6.07, 6.45) is -4.60. The zero-order valence-corrected chi connectivity index (χ0v) is 14.1. The van der Waals surface area contributed by atoms with Crippen molar-refractivity contribution in [1.29, 1.82) is 0 Å². The fourth-order valence-electron chi connectivity index (χ4n) is 2.18. The molecule has 6 nitrogen and oxygen atoms in total. The van der Waals surface area contributed by atoms with Crippen LogP contribution in [0.15, 0.2) is 29.2 Å². The summed E-state index contributed by atoms with van der Waals surface area (Å²) in [5.41, 5.74) is 5.23. The molecule has 0 aliphatic carbocycles. The Kier molecular flexibility index (Phi) is 5.25. The number of rotatable bonds is 5. The van der Waals surface area contributed by atoms with Gasteiger partial charge in [-0.1, -0.05) is 0 Å². The number of aromatic nitrogens is 2. The Bertz CT molecular complexity index is 938. The van der Waals surface area contributed by atoms with Crippen LogP contribution in [0.5, 0.6) is 5.88 Å². The molecule has 0 fully saturated rings. The summed E-state index contributed by atoms with van der Waals surface area (Å²) in [7, 11) is 1.15. The number of aryl methyl sites for hydroxylation is 1. The molecular formula is C16H14F5N3O3. The van der Waals surface area contributed by atoms with Gasteiger partial charge in [0.15, 0.2) is 12.5 Å². The smallest absolute Gasteiger partial charge is 0.456 e. The Labute approximate surface area is 149 Å². The molecule has 2 aromatic rings. The number of pyridine rings is 2. The summed E-state index contributed by atoms with van der Waals surface area (Å²) >= 11 is 0. The van der Waals surface area contributed by atoms with Crippen LogP contribution in [0.4, 0.5) is 22.0 Å². The number of alkyl halides is 5. The molecule has 0 aromatic carbocycles. The van der Waals surface area contributed by atoms with Crippen LogP contribution in [-0.4, -0.2) is 34.2 Å². The van der Waals surface area contributed by atoms with Crippen molar-refractivity contribution in [2.75, 3.05) is 6.61 Å². The molecule has 0 radical (unpaired) electrons. The van der Waals surface area contributed by atoms with Gasteiger partial charge in [0.05, 0.1) is 16.8 Å². The molecule has 146 valence electrons. The quantitative estimate of drug-likeness (QED) is 0.794. The first-order valence-corrected chi connectivity index (χ1v) is 7.39. The molecular weight excluding hydrogens is 377 g/mol. The van der Waals surface area contributed by atoms with E-state index < -0.39 is 36.1 Å². The van der Waals surface area contributed by atoms with E-state index in [9.17, 15) is 31.5 Å². The van der Waals surface area contributed by atoms with Crippen LogP contribution in [0.25, 0.3) is 11.3 Å². The summed E-state index contributed by atoms with van der Waals surface area (Å²) in [5.74, 6) is -6.25. The monoisotopic (exact) mass is 391 g/mol. The highest BCUT2D eigenvalue weighted by atomic mass is 19.4. The average Bonchev–Trinajstić information content (AvgIpc) is 2.55. The normalized spacial score (nSPS) is 12.1. The third-order valence-electron chi connectivity index (χ3n) is 3.69. The van der Waals surface area contributed by atoms with Crippen molar-refractivity contribution in [1.82, 2.24) is 9.55 Å². The van der Waals surface area contributed by atoms with E-state index in [0.29, 0.717) is 5.56 Å². The molecule has 2 N–H and O–H groups in total. The molecule has 0 saturated carbocycles. The summed E-state index contributed by atoms with van der Waals surface area (Å²) in [5, 5.41) is 0. The van der Waals surface area contributed by atoms with E-state index in [-0.39, 0.29) is 16.8 Å². The van der Waals surface area contributed by atoms with Crippen LogP contribution in [0.2, 0.25) is 0 Å². The predicted molar refractivity (Wildman–Crippen MR) is 84.7 cm³/mol. The molecule has 27 heavy (non-hydrogen) atoms. The minimum Gasteiger partial charge on any atom is -0.472 e. The van der Waals surface area contributed by atoms with Gasteiger partial charge in [0.1, 0.15) is 0 Å². The van der Waals surface area contributed by atoms with Gasteiger partial charge < -0.3 is 10.5 Å². The minimum atomic E-state index is -5.77. The Morgan fingerprint density at radius 2 is 1.89 bits per heavy atom. The van der Waals surface area contributed by atoms with E-state index in [1.165, 1.54) is 18.3 Å². The lowest BCUT2D eigenvalue weighted by molar-refractivity contribution is -0.290. The van der Waals surface area contributed by atoms with Gasteiger partial charge in [-0.15, -0.1) is 0 Å². The lowest BCUT2D eigenvalue weighted by Crippen LogP contribution is -2.42. The maximum atomic E-state index is 13.0. The van der Waals surface area contributed by atoms with Gasteiger partial charge in [0.25, 0.3) is 5.56 Å². The van der Waals surface area contributed by atoms with Gasteiger partial charge in [-0.25, -0.2) is 0 Å². The number of hydrogen-bond donors (Lipinski definition) is 1. The molecule has 2 heterocycles. The van der Waals surface area contributed by atoms with Crippen molar-refractivity contribution in [3.8, 4) is 17.1 Å². The molecule has 0 atom stereocenters. The Hall–Kier alpha value is -2.98. The maximum Gasteiger partial charge on any atom is 0.456 e. The van der Waals surface area contributed by atoms with Crippen LogP contribution in [-0.2, 0) is 7.05 Å². The Morgan fingerprint density at radius 1 is 1.26 bits per heavy atom. The van der Waals surface area contributed by atoms with Crippen molar-refractivity contribution in [2.45, 2.75) is 19.0 Å². The van der Waals surface area contributed by atoms with Gasteiger partial charge in [-0.2, -0.15) is 22.0 Å². The molecule has 0 aliphatic rings. The van der Waals surface area contributed by atoms with Crippen molar-refractivity contribution in [3.63, 3.8) is 0 Å². The summed E-state index contributed by atoms with van der Waals surface area (Å²) < 4.78 is 67.8. The molecule has 0 spiro atoms. The second kappa shape index (κ2) is 6.97. The van der Waals surface area contributed by atoms with Gasteiger partial charge in [-0.05, 0) is 30.7 Å². The highest BCUT2D eigenvalue weighted by molar-refractivity contribution is 5.93. The minimum absolute atomic E-state index is 0.0425. The zero-order valence-electron chi connectivity index (χ0n) is 14.1. The van der Waals surface area contributed by atoms with E-state index in [1.807, 2.05) is 0 Å². The lowest BCUT2D eigenvalue weighted by atomic mass is 10.1. The molecule has 0 bridgehead atoms. The summed E-state index contributed by atoms with van der Waals surface area (Å²) in [6.45, 7) is -0.393. The summed E-state index contributed by atoms with van der Waals surface area (Å²) in [6, 6.07) is 3.67. The number of nitrogens with zero attached hydrogens (tertiary/aromatic N) is 2. The number of primary amides is 1. The van der Waals surface area contributed by atoms with Crippen LogP contribution < -0.4 is 16.0 Å². The number of halogens is 5. The number of hydrogen-bond acceptors (Lipinski definition) is 4. The molecule has 11 heteroatoms. The molecule has 0 aliphatic heterocycles. The summed E-state index contributed by atoms with van der Waals surface area (Å²) in [4.78, 5) is 27.6. The van der Waals surface area contributed by atoms with Crippen molar-refractivity contribution < 1.29 is 31.5 Å². The topological polar surface area (TPSA) is 87.2 Å². The van der Waals surface area contributed by atoms with Gasteiger partial charge in [0.2, 0.25) is 5.91 Å². The standard InChI is InChI=1S/C16H14F5N3O3/c1-8-5-9(13(22)25)6-23-12(8)10-3-4-11(24(2)14(10)26)27-7-15(17,18)16(19,20)21/h3-6H,7H2,1-2H3,(H2,22,25). The van der Waals surface area contributed by atoms with Crippen molar-refractivity contribution in [2.24, 2.45) is 12.8 Å². The first-order valence-electron chi connectivity index (χ1n) is 7.39. The molecule has 0 unspecified atom stereocenters. The van der Waals surface area contributed by atoms with E-state index in [0.717, 1.165) is 17.7 Å². The molecule has 2 aromatic heterocycles. The average molecular weight is 391 g/mol. The second-order valence-corrected chi connectivity index (χ2v) is 5.69. The SMILES string of the molecule is Cc1cc(C(N)=O)cnc1-c1ccc(OCC(F)(F)C(F)(F)F)n(C)c1=O. The fourth-order valence-corrected chi connectivity index (χ4v) is 2.18. The maximum absolute atomic E-state index is 13.0. The van der Waals surface area contributed by atoms with Crippen LogP contribution in [0, 0.1) is 6.92 Å². The van der Waals surface area contributed by atoms with E-state index in [2.05, 4.69) is 9.72 Å². The first kappa shape index (κ1) is 20.3. The Balaban J connectivity index is 2.36. The predicted octanol–water partition coefficient (Wildman–Crippen LogP) is 2.43. The number of amides is 1. The first-order chi connectivity index (χ1) is 12.3. The van der Waals surface area contributed by atoms with Crippen LogP contribution in [0.1, 0.15) is 15.9 Å². The number of nitrogens with two attached hydrogens (primary N) is 1. The van der Waals surface area contributed by atoms with E-state index >= 15 is 0 Å². The highest BCUT2D eigenvalue weighted by Gasteiger charge is 2.58. The molecule has 0 saturated heterocycles. The number of ether oxygens (including phenoxy) is 1. The van der Waals surface area contributed by atoms with E-state index in [1.54, 1.807) is 6.92 Å². The van der Waals surface area contributed by atoms with E-state index in [4.69, 9.17) is 5.73 Å². The van der Waals surface area contributed by atoms with Gasteiger partial charge >= 0.3 is 12.1 Å². The fraction of sp³-hybridized carbons (Fsp3) is 0.312. The van der Waals surface area contributed by atoms with Gasteiger partial charge in [0, 0.05) is 13.2 Å². The third kappa shape index (κ3) is 4.07. The van der Waals surface area contributed by atoms with Crippen LogP contribution in [0.3, 0.4) is 0 Å². The van der Waals surface area contributed by atoms with Crippen molar-refractivity contribution >= 4 is 5.91 Å². The Morgan fingerprint density at radius 3 is 2.41 bits per heavy atom. The van der Waals surface area contributed by atoms with Crippen LogP contribution >= 0.6 is 0 Å². The highest BCUT2D eigenvalue weighted by Crippen LogP contribution is 2.35. The number of carbonyl (C=O) groups is 1. The second-order valence-electron chi connectivity index (χ2n) is 5.69. The van der Waals surface area contributed by atoms with Gasteiger partial charge in [-0.3, -0.25) is 19.1 Å². The lowest BCUT2D eigenvalue weighted by Gasteiger charge is -2.20. The zero-order chi connectivity index (χ0) is 20.6. The third-order valence-corrected chi connectivity index (χ3v) is 3.69. The molecule has 1 amide bonds. The largest absolute Gasteiger partial charge is 0.472 e. The van der Waals surface area contributed by atoms with Crippen molar-refractivity contribution in [3.05, 3.63) is 45.9 Å². The molecule has 2 rings (SSSR count). The number of carbonyl (C=O) groups excluding carboxylic acids is 1.